The Bertz CT molecular complexity index is 713. The van der Waals surface area contributed by atoms with Gasteiger partial charge in [-0.05, 0) is 39.0 Å². The molecule has 0 saturated heterocycles. The summed E-state index contributed by atoms with van der Waals surface area (Å²) in [6, 6.07) is 7.25. The molecule has 1 aromatic heterocycles. The van der Waals surface area contributed by atoms with Gasteiger partial charge in [0.15, 0.2) is 5.78 Å². The summed E-state index contributed by atoms with van der Waals surface area (Å²) in [5.74, 6) is -0.00327. The number of carbonyl (C=O) groups excluding carboxylic acids is 1. The highest BCUT2D eigenvalue weighted by molar-refractivity contribution is 7.11. The molecule has 0 aliphatic heterocycles. The Hall–Kier alpha value is -2.19. The summed E-state index contributed by atoms with van der Waals surface area (Å²) in [6.45, 7) is 6.24. The van der Waals surface area contributed by atoms with Crippen LogP contribution in [-0.2, 0) is 6.42 Å². The molecule has 21 heavy (non-hydrogen) atoms. The van der Waals surface area contributed by atoms with Crippen LogP contribution in [0.5, 0.6) is 0 Å². The molecular formula is C16H17N3OS. The van der Waals surface area contributed by atoms with Crippen LogP contribution in [0.25, 0.3) is 0 Å². The van der Waals surface area contributed by atoms with Crippen molar-refractivity contribution in [3.05, 3.63) is 44.9 Å². The van der Waals surface area contributed by atoms with Gasteiger partial charge in [-0.2, -0.15) is 5.26 Å². The monoisotopic (exact) mass is 299 g/mol. The second-order valence-electron chi connectivity index (χ2n) is 4.85. The second-order valence-corrected chi connectivity index (χ2v) is 6.13. The SMILES string of the molecule is CC(=O)c1ccc(C#N)c(NCCc2sc(C)nc2C)c1. The Balaban J connectivity index is 2.09. The number of hydrogen-bond donors (Lipinski definition) is 1. The number of Topliss-reactive ketones (excluding diaryl/α,β-unsaturated/α-hetero) is 1. The molecule has 0 fully saturated rings. The lowest BCUT2D eigenvalue weighted by molar-refractivity contribution is 0.101. The molecule has 0 radical (unpaired) electrons. The quantitative estimate of drug-likeness (QED) is 0.858. The molecule has 0 atom stereocenters. The lowest BCUT2D eigenvalue weighted by Gasteiger charge is -2.09. The average Bonchev–Trinajstić information content (AvgIpc) is 2.77. The minimum atomic E-state index is -0.00327. The molecule has 5 heteroatoms. The number of aromatic nitrogens is 1. The third-order valence-electron chi connectivity index (χ3n) is 3.21. The van der Waals surface area contributed by atoms with Gasteiger partial charge in [-0.25, -0.2) is 4.98 Å². The molecule has 0 aliphatic rings. The summed E-state index contributed by atoms with van der Waals surface area (Å²) < 4.78 is 0. The van der Waals surface area contributed by atoms with Crippen LogP contribution in [0.15, 0.2) is 18.2 Å². The maximum Gasteiger partial charge on any atom is 0.159 e. The molecule has 4 nitrogen and oxygen atoms in total. The molecule has 0 unspecified atom stereocenters. The second kappa shape index (κ2) is 6.51. The largest absolute Gasteiger partial charge is 0.384 e. The van der Waals surface area contributed by atoms with E-state index in [1.165, 1.54) is 11.8 Å². The molecule has 2 aromatic rings. The van der Waals surface area contributed by atoms with Gasteiger partial charge in [-0.15, -0.1) is 11.3 Å². The van der Waals surface area contributed by atoms with Gasteiger partial charge in [-0.3, -0.25) is 4.79 Å². The minimum absolute atomic E-state index is 0.00327. The molecule has 1 aromatic carbocycles. The van der Waals surface area contributed by atoms with Crippen LogP contribution in [0, 0.1) is 25.2 Å². The first-order valence-corrected chi connectivity index (χ1v) is 7.54. The summed E-state index contributed by atoms with van der Waals surface area (Å²) in [6.07, 6.45) is 0.854. The highest BCUT2D eigenvalue weighted by Crippen LogP contribution is 2.20. The van der Waals surface area contributed by atoms with Crippen LogP contribution in [0.3, 0.4) is 0 Å². The van der Waals surface area contributed by atoms with Crippen LogP contribution in [0.4, 0.5) is 5.69 Å². The number of nitriles is 1. The van der Waals surface area contributed by atoms with E-state index in [9.17, 15) is 4.79 Å². The molecule has 1 N–H and O–H groups in total. The number of hydrogen-bond acceptors (Lipinski definition) is 5. The summed E-state index contributed by atoms with van der Waals surface area (Å²) in [5.41, 5.74) is 2.94. The summed E-state index contributed by atoms with van der Waals surface area (Å²) >= 11 is 1.70. The normalized spacial score (nSPS) is 10.2. The Kier molecular flexibility index (Phi) is 4.71. The zero-order valence-electron chi connectivity index (χ0n) is 12.4. The molecule has 108 valence electrons. The standard InChI is InChI=1S/C16H17N3OS/c1-10-16(21-12(3)19-10)6-7-18-15-8-13(11(2)20)4-5-14(15)9-17/h4-5,8,18H,6-7H2,1-3H3. The number of rotatable bonds is 5. The van der Waals surface area contributed by atoms with E-state index in [0.717, 1.165) is 17.1 Å². The van der Waals surface area contributed by atoms with Gasteiger partial charge in [0, 0.05) is 23.4 Å². The van der Waals surface area contributed by atoms with E-state index in [1.807, 2.05) is 13.8 Å². The van der Waals surface area contributed by atoms with Crippen molar-refractivity contribution in [1.82, 2.24) is 4.98 Å². The maximum absolute atomic E-state index is 11.4. The van der Waals surface area contributed by atoms with Crippen molar-refractivity contribution in [2.24, 2.45) is 0 Å². The van der Waals surface area contributed by atoms with Crippen molar-refractivity contribution >= 4 is 22.8 Å². The summed E-state index contributed by atoms with van der Waals surface area (Å²) in [4.78, 5) is 17.1. The topological polar surface area (TPSA) is 65.8 Å². The Labute approximate surface area is 128 Å². The van der Waals surface area contributed by atoms with Gasteiger partial charge >= 0.3 is 0 Å². The van der Waals surface area contributed by atoms with Gasteiger partial charge in [0.25, 0.3) is 0 Å². The number of thiazole rings is 1. The van der Waals surface area contributed by atoms with E-state index in [1.54, 1.807) is 29.5 Å². The predicted octanol–water partition coefficient (Wildman–Crippen LogP) is 3.49. The number of aryl methyl sites for hydroxylation is 2. The number of nitrogens with zero attached hydrogens (tertiary/aromatic N) is 2. The van der Waals surface area contributed by atoms with Crippen molar-refractivity contribution < 1.29 is 4.79 Å². The first-order valence-electron chi connectivity index (χ1n) is 6.73. The van der Waals surface area contributed by atoms with Crippen molar-refractivity contribution in [3.63, 3.8) is 0 Å². The van der Waals surface area contributed by atoms with E-state index in [2.05, 4.69) is 16.4 Å². The molecule has 2 rings (SSSR count). The van der Waals surface area contributed by atoms with Gasteiger partial charge in [-0.1, -0.05) is 0 Å². The number of carbonyl (C=O) groups is 1. The van der Waals surface area contributed by atoms with Crippen molar-refractivity contribution in [2.75, 3.05) is 11.9 Å². The minimum Gasteiger partial charge on any atom is -0.384 e. The van der Waals surface area contributed by atoms with Crippen molar-refractivity contribution in [1.29, 1.82) is 5.26 Å². The molecule has 0 bridgehead atoms. The Morgan fingerprint density at radius 3 is 2.76 bits per heavy atom. The van der Waals surface area contributed by atoms with E-state index in [0.29, 0.717) is 23.4 Å². The first-order chi connectivity index (χ1) is 10.0. The molecule has 0 spiro atoms. The van der Waals surface area contributed by atoms with Crippen molar-refractivity contribution in [3.8, 4) is 6.07 Å². The first kappa shape index (κ1) is 15.2. The summed E-state index contributed by atoms with van der Waals surface area (Å²) in [5, 5.41) is 13.4. The van der Waals surface area contributed by atoms with E-state index >= 15 is 0 Å². The van der Waals surface area contributed by atoms with Gasteiger partial charge < -0.3 is 5.32 Å². The van der Waals surface area contributed by atoms with E-state index in [4.69, 9.17) is 5.26 Å². The Morgan fingerprint density at radius 2 is 2.19 bits per heavy atom. The van der Waals surface area contributed by atoms with Gasteiger partial charge in [0.1, 0.15) is 6.07 Å². The van der Waals surface area contributed by atoms with Crippen LogP contribution < -0.4 is 5.32 Å². The van der Waals surface area contributed by atoms with Gasteiger partial charge in [0.05, 0.1) is 22.0 Å². The zero-order valence-corrected chi connectivity index (χ0v) is 13.2. The predicted molar refractivity (Wildman–Crippen MR) is 84.9 cm³/mol. The van der Waals surface area contributed by atoms with Crippen molar-refractivity contribution in [2.45, 2.75) is 27.2 Å². The van der Waals surface area contributed by atoms with Gasteiger partial charge in [0.2, 0.25) is 0 Å². The van der Waals surface area contributed by atoms with E-state index in [-0.39, 0.29) is 5.78 Å². The highest BCUT2D eigenvalue weighted by Gasteiger charge is 2.08. The molecule has 0 amide bonds. The number of ketones is 1. The number of anilines is 1. The third-order valence-corrected chi connectivity index (χ3v) is 4.35. The maximum atomic E-state index is 11.4. The third kappa shape index (κ3) is 3.67. The van der Waals surface area contributed by atoms with Crippen LogP contribution in [-0.4, -0.2) is 17.3 Å². The molecule has 0 aliphatic carbocycles. The Morgan fingerprint density at radius 1 is 1.43 bits per heavy atom. The molecule has 1 heterocycles. The fourth-order valence-corrected chi connectivity index (χ4v) is 3.06. The fraction of sp³-hybridized carbons (Fsp3) is 0.312. The zero-order chi connectivity index (χ0) is 15.4. The molecule has 0 saturated carbocycles. The fourth-order valence-electron chi connectivity index (χ4n) is 2.12. The smallest absolute Gasteiger partial charge is 0.159 e. The average molecular weight is 299 g/mol. The lowest BCUT2D eigenvalue weighted by atomic mass is 10.1. The number of benzene rings is 1. The van der Waals surface area contributed by atoms with Crippen LogP contribution in [0.2, 0.25) is 0 Å². The summed E-state index contributed by atoms with van der Waals surface area (Å²) in [7, 11) is 0. The lowest BCUT2D eigenvalue weighted by Crippen LogP contribution is -2.07. The highest BCUT2D eigenvalue weighted by atomic mass is 32.1. The molecular weight excluding hydrogens is 282 g/mol. The van der Waals surface area contributed by atoms with Crippen LogP contribution >= 0.6 is 11.3 Å². The van der Waals surface area contributed by atoms with E-state index < -0.39 is 0 Å². The van der Waals surface area contributed by atoms with Crippen LogP contribution in [0.1, 0.15) is 38.4 Å². The number of nitrogens with one attached hydrogen (secondary N) is 1.